The minimum Gasteiger partial charge on any atom is -0.493 e. The third kappa shape index (κ3) is 3.55. The van der Waals surface area contributed by atoms with Gasteiger partial charge in [-0.1, -0.05) is 35.0 Å². The molecule has 0 aliphatic carbocycles. The van der Waals surface area contributed by atoms with Crippen LogP contribution in [0.3, 0.4) is 0 Å². The number of ether oxygens (including phenoxy) is 2. The smallest absolute Gasteiger partial charge is 0.258 e. The zero-order chi connectivity index (χ0) is 20.4. The van der Waals surface area contributed by atoms with E-state index in [2.05, 4.69) is 10.1 Å². The normalized spacial score (nSPS) is 16.1. The molecule has 0 spiro atoms. The van der Waals surface area contributed by atoms with E-state index in [1.165, 1.54) is 7.11 Å². The molecule has 1 fully saturated rings. The van der Waals surface area contributed by atoms with Crippen LogP contribution in [0.4, 0.5) is 0 Å². The molecule has 4 rings (SSSR count). The van der Waals surface area contributed by atoms with Gasteiger partial charge in [0.15, 0.2) is 11.5 Å². The minimum atomic E-state index is -0.260. The van der Waals surface area contributed by atoms with E-state index in [0.717, 1.165) is 24.0 Å². The topological polar surface area (TPSA) is 77.7 Å². The van der Waals surface area contributed by atoms with Crippen LogP contribution in [0.15, 0.2) is 47.0 Å². The molecular formula is C22H23N3O4. The maximum atomic E-state index is 13.3. The Morgan fingerprint density at radius 2 is 2.00 bits per heavy atom. The van der Waals surface area contributed by atoms with Gasteiger partial charge in [-0.3, -0.25) is 4.79 Å². The molecule has 0 N–H and O–H groups in total. The zero-order valence-electron chi connectivity index (χ0n) is 16.7. The van der Waals surface area contributed by atoms with E-state index in [1.807, 2.05) is 31.2 Å². The van der Waals surface area contributed by atoms with Gasteiger partial charge in [0.05, 0.1) is 19.8 Å². The Morgan fingerprint density at radius 1 is 1.17 bits per heavy atom. The summed E-state index contributed by atoms with van der Waals surface area (Å²) in [5, 5.41) is 4.13. The van der Waals surface area contributed by atoms with Crippen molar-refractivity contribution in [1.82, 2.24) is 15.0 Å². The SMILES string of the molecule is COc1cccc(C(=O)N2CCCC2c2nc(-c3cccc(C)c3)no2)c1OC. The summed E-state index contributed by atoms with van der Waals surface area (Å²) in [4.78, 5) is 19.6. The quantitative estimate of drug-likeness (QED) is 0.651. The Kier molecular flexibility index (Phi) is 5.20. The summed E-state index contributed by atoms with van der Waals surface area (Å²) in [7, 11) is 3.08. The molecule has 3 aromatic rings. The van der Waals surface area contributed by atoms with Gasteiger partial charge in [-0.15, -0.1) is 0 Å². The highest BCUT2D eigenvalue weighted by Crippen LogP contribution is 2.37. The van der Waals surface area contributed by atoms with Crippen molar-refractivity contribution < 1.29 is 18.8 Å². The second-order valence-electron chi connectivity index (χ2n) is 7.02. The highest BCUT2D eigenvalue weighted by atomic mass is 16.5. The molecule has 150 valence electrons. The summed E-state index contributed by atoms with van der Waals surface area (Å²) in [5.41, 5.74) is 2.47. The van der Waals surface area contributed by atoms with E-state index in [4.69, 9.17) is 14.0 Å². The second kappa shape index (κ2) is 7.95. The summed E-state index contributed by atoms with van der Waals surface area (Å²) in [6, 6.07) is 13.0. The fourth-order valence-corrected chi connectivity index (χ4v) is 3.75. The van der Waals surface area contributed by atoms with Gasteiger partial charge in [0.25, 0.3) is 5.91 Å². The third-order valence-corrected chi connectivity index (χ3v) is 5.15. The first kappa shape index (κ1) is 19.0. The van der Waals surface area contributed by atoms with E-state index in [9.17, 15) is 4.79 Å². The lowest BCUT2D eigenvalue weighted by Crippen LogP contribution is -2.31. The highest BCUT2D eigenvalue weighted by Gasteiger charge is 2.36. The molecule has 7 nitrogen and oxygen atoms in total. The Hall–Kier alpha value is -3.35. The number of nitrogens with zero attached hydrogens (tertiary/aromatic N) is 3. The summed E-state index contributed by atoms with van der Waals surface area (Å²) >= 11 is 0. The molecule has 2 aromatic carbocycles. The number of para-hydroxylation sites is 1. The Labute approximate surface area is 169 Å². The number of carbonyl (C=O) groups is 1. The Bertz CT molecular complexity index is 1030. The van der Waals surface area contributed by atoms with Crippen LogP contribution in [-0.2, 0) is 0 Å². The number of hydrogen-bond donors (Lipinski definition) is 0. The van der Waals surface area contributed by atoms with Crippen molar-refractivity contribution in [3.8, 4) is 22.9 Å². The molecule has 0 bridgehead atoms. The number of amides is 1. The third-order valence-electron chi connectivity index (χ3n) is 5.15. The molecule has 2 heterocycles. The number of carbonyl (C=O) groups excluding carboxylic acids is 1. The summed E-state index contributed by atoms with van der Waals surface area (Å²) in [6.45, 7) is 2.63. The monoisotopic (exact) mass is 393 g/mol. The number of hydrogen-bond acceptors (Lipinski definition) is 6. The fraction of sp³-hybridized carbons (Fsp3) is 0.318. The van der Waals surface area contributed by atoms with Crippen LogP contribution in [0, 0.1) is 6.92 Å². The van der Waals surface area contributed by atoms with Gasteiger partial charge in [-0.25, -0.2) is 0 Å². The van der Waals surface area contributed by atoms with Gasteiger partial charge in [-0.05, 0) is 38.0 Å². The van der Waals surface area contributed by atoms with Gasteiger partial charge >= 0.3 is 0 Å². The first-order chi connectivity index (χ1) is 14.1. The van der Waals surface area contributed by atoms with Crippen LogP contribution in [0.25, 0.3) is 11.4 Å². The van der Waals surface area contributed by atoms with Crippen LogP contribution in [-0.4, -0.2) is 41.7 Å². The average Bonchev–Trinajstić information content (AvgIpc) is 3.42. The first-order valence-corrected chi connectivity index (χ1v) is 9.55. The van der Waals surface area contributed by atoms with Gasteiger partial charge in [-0.2, -0.15) is 4.98 Å². The fourth-order valence-electron chi connectivity index (χ4n) is 3.75. The highest BCUT2D eigenvalue weighted by molar-refractivity contribution is 5.98. The van der Waals surface area contributed by atoms with Crippen molar-refractivity contribution in [2.24, 2.45) is 0 Å². The lowest BCUT2D eigenvalue weighted by Gasteiger charge is -2.23. The number of benzene rings is 2. The molecule has 1 aromatic heterocycles. The molecule has 1 amide bonds. The van der Waals surface area contributed by atoms with Crippen molar-refractivity contribution in [1.29, 1.82) is 0 Å². The molecule has 1 atom stereocenters. The second-order valence-corrected chi connectivity index (χ2v) is 7.02. The van der Waals surface area contributed by atoms with Crippen molar-refractivity contribution in [2.45, 2.75) is 25.8 Å². The number of methoxy groups -OCH3 is 2. The van der Waals surface area contributed by atoms with Crippen molar-refractivity contribution in [2.75, 3.05) is 20.8 Å². The lowest BCUT2D eigenvalue weighted by molar-refractivity contribution is 0.0706. The van der Waals surface area contributed by atoms with E-state index in [1.54, 1.807) is 30.2 Å². The predicted octanol–water partition coefficient (Wildman–Crippen LogP) is 4.04. The van der Waals surface area contributed by atoms with Crippen molar-refractivity contribution >= 4 is 5.91 Å². The molecule has 1 saturated heterocycles. The van der Waals surface area contributed by atoms with Crippen LogP contribution in [0.1, 0.15) is 40.7 Å². The van der Waals surface area contributed by atoms with E-state index in [0.29, 0.717) is 35.3 Å². The average molecular weight is 393 g/mol. The predicted molar refractivity (Wildman–Crippen MR) is 107 cm³/mol. The van der Waals surface area contributed by atoms with E-state index in [-0.39, 0.29) is 11.9 Å². The maximum absolute atomic E-state index is 13.3. The standard InChI is InChI=1S/C22H23N3O4/c1-14-7-4-8-15(13-14)20-23-21(29-24-20)17-10-6-12-25(17)22(26)16-9-5-11-18(27-2)19(16)28-3/h4-5,7-9,11,13,17H,6,10,12H2,1-3H3. The van der Waals surface area contributed by atoms with Gasteiger partial charge in [0, 0.05) is 12.1 Å². The largest absolute Gasteiger partial charge is 0.493 e. The Morgan fingerprint density at radius 3 is 2.76 bits per heavy atom. The van der Waals surface area contributed by atoms with Gasteiger partial charge in [0.1, 0.15) is 6.04 Å². The summed E-state index contributed by atoms with van der Waals surface area (Å²) in [5.74, 6) is 1.79. The number of aromatic nitrogens is 2. The zero-order valence-corrected chi connectivity index (χ0v) is 16.7. The first-order valence-electron chi connectivity index (χ1n) is 9.55. The molecule has 1 aliphatic rings. The molecule has 7 heteroatoms. The van der Waals surface area contributed by atoms with Crippen LogP contribution in [0.2, 0.25) is 0 Å². The van der Waals surface area contributed by atoms with Crippen LogP contribution < -0.4 is 9.47 Å². The van der Waals surface area contributed by atoms with Gasteiger partial charge in [0.2, 0.25) is 11.7 Å². The minimum absolute atomic E-state index is 0.140. The summed E-state index contributed by atoms with van der Waals surface area (Å²) in [6.07, 6.45) is 1.64. The Balaban J connectivity index is 1.63. The summed E-state index contributed by atoms with van der Waals surface area (Å²) < 4.78 is 16.3. The van der Waals surface area contributed by atoms with E-state index < -0.39 is 0 Å². The molecule has 1 unspecified atom stereocenters. The maximum Gasteiger partial charge on any atom is 0.258 e. The van der Waals surface area contributed by atoms with Gasteiger partial charge < -0.3 is 18.9 Å². The van der Waals surface area contributed by atoms with Crippen molar-refractivity contribution in [3.63, 3.8) is 0 Å². The molecule has 1 aliphatic heterocycles. The van der Waals surface area contributed by atoms with E-state index >= 15 is 0 Å². The number of likely N-dealkylation sites (tertiary alicyclic amines) is 1. The number of aryl methyl sites for hydroxylation is 1. The molecule has 29 heavy (non-hydrogen) atoms. The molecular weight excluding hydrogens is 370 g/mol. The van der Waals surface area contributed by atoms with Crippen LogP contribution >= 0.6 is 0 Å². The van der Waals surface area contributed by atoms with Crippen molar-refractivity contribution in [3.05, 3.63) is 59.5 Å². The van der Waals surface area contributed by atoms with Crippen LogP contribution in [0.5, 0.6) is 11.5 Å². The number of rotatable bonds is 5. The molecule has 0 saturated carbocycles. The molecule has 0 radical (unpaired) electrons. The lowest BCUT2D eigenvalue weighted by atomic mass is 10.1.